The average molecular weight is 212 g/mol. The second-order valence-corrected chi connectivity index (χ2v) is 5.16. The highest BCUT2D eigenvalue weighted by Gasteiger charge is 2.39. The van der Waals surface area contributed by atoms with Gasteiger partial charge in [-0.2, -0.15) is 0 Å². The SMILES string of the molecule is CCC1CN(C(C)C)C(CC)(CC)CN1. The van der Waals surface area contributed by atoms with Gasteiger partial charge in [0, 0.05) is 30.7 Å². The summed E-state index contributed by atoms with van der Waals surface area (Å²) in [7, 11) is 0. The number of hydrogen-bond acceptors (Lipinski definition) is 2. The number of rotatable bonds is 4. The monoisotopic (exact) mass is 212 g/mol. The van der Waals surface area contributed by atoms with Crippen LogP contribution in [-0.2, 0) is 0 Å². The average Bonchev–Trinajstić information content (AvgIpc) is 2.28. The number of nitrogens with zero attached hydrogens (tertiary/aromatic N) is 1. The highest BCUT2D eigenvalue weighted by Crippen LogP contribution is 2.29. The first-order valence-electron chi connectivity index (χ1n) is 6.59. The lowest BCUT2D eigenvalue weighted by Crippen LogP contribution is -2.65. The third kappa shape index (κ3) is 2.54. The van der Waals surface area contributed by atoms with E-state index in [0.29, 0.717) is 17.6 Å². The zero-order valence-electron chi connectivity index (χ0n) is 11.1. The fourth-order valence-electron chi connectivity index (χ4n) is 2.87. The molecule has 1 aliphatic heterocycles. The fourth-order valence-corrected chi connectivity index (χ4v) is 2.87. The molecule has 0 bridgehead atoms. The Kier molecular flexibility index (Phi) is 4.60. The Balaban J connectivity index is 2.79. The lowest BCUT2D eigenvalue weighted by Gasteiger charge is -2.51. The minimum absolute atomic E-state index is 0.403. The molecule has 90 valence electrons. The van der Waals surface area contributed by atoms with Gasteiger partial charge in [0.15, 0.2) is 0 Å². The van der Waals surface area contributed by atoms with E-state index >= 15 is 0 Å². The van der Waals surface area contributed by atoms with Crippen molar-refractivity contribution in [3.8, 4) is 0 Å². The Morgan fingerprint density at radius 3 is 2.27 bits per heavy atom. The van der Waals surface area contributed by atoms with Crippen molar-refractivity contribution in [1.82, 2.24) is 10.2 Å². The van der Waals surface area contributed by atoms with Crippen LogP contribution in [0.4, 0.5) is 0 Å². The molecule has 0 radical (unpaired) electrons. The number of hydrogen-bond donors (Lipinski definition) is 1. The molecule has 0 amide bonds. The van der Waals surface area contributed by atoms with Crippen LogP contribution in [0.15, 0.2) is 0 Å². The van der Waals surface area contributed by atoms with Crippen LogP contribution < -0.4 is 5.32 Å². The van der Waals surface area contributed by atoms with E-state index < -0.39 is 0 Å². The van der Waals surface area contributed by atoms with Gasteiger partial charge in [0.25, 0.3) is 0 Å². The molecule has 0 aliphatic carbocycles. The molecule has 1 aliphatic rings. The molecule has 0 aromatic heterocycles. The maximum absolute atomic E-state index is 3.70. The van der Waals surface area contributed by atoms with Crippen LogP contribution in [0, 0.1) is 0 Å². The van der Waals surface area contributed by atoms with Gasteiger partial charge in [-0.1, -0.05) is 20.8 Å². The smallest absolute Gasteiger partial charge is 0.0332 e. The molecule has 0 aromatic carbocycles. The van der Waals surface area contributed by atoms with Gasteiger partial charge in [-0.05, 0) is 33.1 Å². The van der Waals surface area contributed by atoms with E-state index in [1.54, 1.807) is 0 Å². The minimum Gasteiger partial charge on any atom is -0.311 e. The molecule has 1 atom stereocenters. The Morgan fingerprint density at radius 1 is 1.27 bits per heavy atom. The third-order valence-corrected chi connectivity index (χ3v) is 4.18. The lowest BCUT2D eigenvalue weighted by atomic mass is 9.85. The predicted octanol–water partition coefficient (Wildman–Crippen LogP) is 2.64. The van der Waals surface area contributed by atoms with Crippen molar-refractivity contribution in [1.29, 1.82) is 0 Å². The number of nitrogens with one attached hydrogen (secondary N) is 1. The summed E-state index contributed by atoms with van der Waals surface area (Å²) in [6.45, 7) is 14.0. The summed E-state index contributed by atoms with van der Waals surface area (Å²) >= 11 is 0. The first kappa shape index (κ1) is 13.0. The van der Waals surface area contributed by atoms with E-state index in [1.165, 1.54) is 25.8 Å². The molecule has 15 heavy (non-hydrogen) atoms. The summed E-state index contributed by atoms with van der Waals surface area (Å²) in [5, 5.41) is 3.70. The van der Waals surface area contributed by atoms with Gasteiger partial charge < -0.3 is 5.32 Å². The topological polar surface area (TPSA) is 15.3 Å². The van der Waals surface area contributed by atoms with E-state index in [0.717, 1.165) is 6.54 Å². The first-order valence-corrected chi connectivity index (χ1v) is 6.59. The molecule has 2 nitrogen and oxygen atoms in total. The quantitative estimate of drug-likeness (QED) is 0.770. The van der Waals surface area contributed by atoms with Crippen LogP contribution in [0.5, 0.6) is 0 Å². The Labute approximate surface area is 95.4 Å². The van der Waals surface area contributed by atoms with Crippen LogP contribution in [0.25, 0.3) is 0 Å². The maximum Gasteiger partial charge on any atom is 0.0332 e. The van der Waals surface area contributed by atoms with Crippen LogP contribution in [0.1, 0.15) is 53.9 Å². The fraction of sp³-hybridized carbons (Fsp3) is 1.00. The second-order valence-electron chi connectivity index (χ2n) is 5.16. The van der Waals surface area contributed by atoms with Crippen molar-refractivity contribution in [2.75, 3.05) is 13.1 Å². The molecule has 0 saturated carbocycles. The van der Waals surface area contributed by atoms with Gasteiger partial charge >= 0.3 is 0 Å². The molecule has 0 spiro atoms. The number of piperazine rings is 1. The molecule has 1 saturated heterocycles. The predicted molar refractivity (Wildman–Crippen MR) is 67.2 cm³/mol. The van der Waals surface area contributed by atoms with E-state index in [-0.39, 0.29) is 0 Å². The lowest BCUT2D eigenvalue weighted by molar-refractivity contribution is 0.00576. The largest absolute Gasteiger partial charge is 0.311 e. The normalized spacial score (nSPS) is 27.2. The molecule has 1 fully saturated rings. The van der Waals surface area contributed by atoms with Crippen molar-refractivity contribution < 1.29 is 0 Å². The summed E-state index contributed by atoms with van der Waals surface area (Å²) in [5.41, 5.74) is 0.403. The van der Waals surface area contributed by atoms with Gasteiger partial charge in [-0.15, -0.1) is 0 Å². The summed E-state index contributed by atoms with van der Waals surface area (Å²) < 4.78 is 0. The maximum atomic E-state index is 3.70. The van der Waals surface area contributed by atoms with Crippen molar-refractivity contribution >= 4 is 0 Å². The summed E-state index contributed by atoms with van der Waals surface area (Å²) in [5.74, 6) is 0. The van der Waals surface area contributed by atoms with Gasteiger partial charge in [-0.3, -0.25) is 4.90 Å². The molecule has 1 heterocycles. The molecular weight excluding hydrogens is 184 g/mol. The van der Waals surface area contributed by atoms with E-state index in [2.05, 4.69) is 44.8 Å². The minimum atomic E-state index is 0.403. The van der Waals surface area contributed by atoms with Crippen LogP contribution in [0.3, 0.4) is 0 Å². The molecule has 1 rings (SSSR count). The van der Waals surface area contributed by atoms with Crippen LogP contribution in [0.2, 0.25) is 0 Å². The highest BCUT2D eigenvalue weighted by molar-refractivity contribution is 4.98. The summed E-state index contributed by atoms with van der Waals surface area (Å²) in [4.78, 5) is 2.72. The van der Waals surface area contributed by atoms with Crippen LogP contribution in [-0.4, -0.2) is 35.6 Å². The molecule has 0 aromatic rings. The van der Waals surface area contributed by atoms with E-state index in [4.69, 9.17) is 0 Å². The zero-order valence-corrected chi connectivity index (χ0v) is 11.1. The molecular formula is C13H28N2. The van der Waals surface area contributed by atoms with Crippen molar-refractivity contribution in [3.05, 3.63) is 0 Å². The molecule has 1 unspecified atom stereocenters. The van der Waals surface area contributed by atoms with Gasteiger partial charge in [-0.25, -0.2) is 0 Å². The van der Waals surface area contributed by atoms with Crippen molar-refractivity contribution in [2.45, 2.75) is 71.5 Å². The van der Waals surface area contributed by atoms with Gasteiger partial charge in [0.2, 0.25) is 0 Å². The summed E-state index contributed by atoms with van der Waals surface area (Å²) in [6, 6.07) is 1.36. The van der Waals surface area contributed by atoms with E-state index in [9.17, 15) is 0 Å². The second kappa shape index (κ2) is 5.31. The standard InChI is InChI=1S/C13H28N2/c1-6-12-9-15(11(4)5)13(7-2,8-3)10-14-12/h11-12,14H,6-10H2,1-5H3. The third-order valence-electron chi connectivity index (χ3n) is 4.18. The Morgan fingerprint density at radius 2 is 1.87 bits per heavy atom. The van der Waals surface area contributed by atoms with Gasteiger partial charge in [0.1, 0.15) is 0 Å². The molecule has 2 heteroatoms. The Hall–Kier alpha value is -0.0800. The van der Waals surface area contributed by atoms with Gasteiger partial charge in [0.05, 0.1) is 0 Å². The van der Waals surface area contributed by atoms with Crippen molar-refractivity contribution in [3.63, 3.8) is 0 Å². The van der Waals surface area contributed by atoms with Crippen molar-refractivity contribution in [2.24, 2.45) is 0 Å². The Bertz CT molecular complexity index is 185. The van der Waals surface area contributed by atoms with E-state index in [1.807, 2.05) is 0 Å². The summed E-state index contributed by atoms with van der Waals surface area (Å²) in [6.07, 6.45) is 3.75. The van der Waals surface area contributed by atoms with Crippen LogP contribution >= 0.6 is 0 Å². The highest BCUT2D eigenvalue weighted by atomic mass is 15.3. The molecule has 1 N–H and O–H groups in total. The zero-order chi connectivity index (χ0) is 11.5. The first-order chi connectivity index (χ1) is 7.09.